The maximum atomic E-state index is 4.15. The molecule has 1 saturated heterocycles. The molecule has 3 rings (SSSR count). The van der Waals surface area contributed by atoms with E-state index in [0.29, 0.717) is 6.04 Å². The Labute approximate surface area is 143 Å². The van der Waals surface area contributed by atoms with Crippen molar-refractivity contribution < 1.29 is 0 Å². The number of benzene rings is 1. The molecule has 2 heterocycles. The molecule has 1 aromatic carbocycles. The van der Waals surface area contributed by atoms with Crippen molar-refractivity contribution >= 4 is 29.9 Å². The summed E-state index contributed by atoms with van der Waals surface area (Å²) in [4.78, 5) is 8.09. The molecule has 0 N–H and O–H groups in total. The van der Waals surface area contributed by atoms with Gasteiger partial charge in [-0.05, 0) is 43.0 Å². The van der Waals surface area contributed by atoms with Gasteiger partial charge in [0.2, 0.25) is 0 Å². The average molecular weight is 335 g/mol. The van der Waals surface area contributed by atoms with E-state index in [-0.39, 0.29) is 12.4 Å². The highest BCUT2D eigenvalue weighted by Crippen LogP contribution is 2.30. The van der Waals surface area contributed by atoms with Crippen molar-refractivity contribution in [2.45, 2.75) is 30.7 Å². The smallest absolute Gasteiger partial charge is 0.0399 e. The SMILES string of the molecule is CC1CCC(CSc2ccccc2)N(c2ccncc2)C1.Cl. The van der Waals surface area contributed by atoms with Crippen molar-refractivity contribution in [2.75, 3.05) is 17.2 Å². The van der Waals surface area contributed by atoms with Gasteiger partial charge in [0.1, 0.15) is 0 Å². The predicted octanol–water partition coefficient (Wildman–Crippen LogP) is 4.90. The van der Waals surface area contributed by atoms with Crippen LogP contribution in [0.5, 0.6) is 0 Å². The molecular formula is C18H23ClN2S. The average Bonchev–Trinajstić information content (AvgIpc) is 2.55. The quantitative estimate of drug-likeness (QED) is 0.740. The largest absolute Gasteiger partial charge is 0.367 e. The zero-order chi connectivity index (χ0) is 14.5. The van der Waals surface area contributed by atoms with Gasteiger partial charge in [-0.1, -0.05) is 25.1 Å². The number of anilines is 1. The molecule has 0 aliphatic carbocycles. The molecule has 118 valence electrons. The monoisotopic (exact) mass is 334 g/mol. The second kappa shape index (κ2) is 8.44. The zero-order valence-electron chi connectivity index (χ0n) is 12.9. The number of hydrogen-bond acceptors (Lipinski definition) is 3. The normalized spacial score (nSPS) is 21.2. The number of pyridine rings is 1. The highest BCUT2D eigenvalue weighted by molar-refractivity contribution is 7.99. The minimum atomic E-state index is 0. The Morgan fingerprint density at radius 1 is 1.09 bits per heavy atom. The highest BCUT2D eigenvalue weighted by atomic mass is 35.5. The van der Waals surface area contributed by atoms with Gasteiger partial charge in [-0.15, -0.1) is 24.2 Å². The Morgan fingerprint density at radius 2 is 1.82 bits per heavy atom. The van der Waals surface area contributed by atoms with Crippen LogP contribution in [-0.4, -0.2) is 23.3 Å². The summed E-state index contributed by atoms with van der Waals surface area (Å²) >= 11 is 1.97. The van der Waals surface area contributed by atoms with E-state index in [2.05, 4.69) is 59.3 Å². The van der Waals surface area contributed by atoms with Gasteiger partial charge in [-0.3, -0.25) is 4.98 Å². The molecule has 1 aliphatic heterocycles. The van der Waals surface area contributed by atoms with Crippen molar-refractivity contribution in [3.8, 4) is 0 Å². The number of halogens is 1. The summed E-state index contributed by atoms with van der Waals surface area (Å²) in [6, 6.07) is 15.6. The standard InChI is InChI=1S/C18H22N2S.ClH/c1-15-7-8-17(14-21-18-5-3-2-4-6-18)20(13-15)16-9-11-19-12-10-16;/h2-6,9-12,15,17H,7-8,13-14H2,1H3;1H. The van der Waals surface area contributed by atoms with E-state index in [4.69, 9.17) is 0 Å². The molecule has 22 heavy (non-hydrogen) atoms. The summed E-state index contributed by atoms with van der Waals surface area (Å²) in [5.41, 5.74) is 1.32. The Kier molecular flexibility index (Phi) is 6.59. The Balaban J connectivity index is 0.00000176. The third-order valence-corrected chi connectivity index (χ3v) is 5.28. The van der Waals surface area contributed by atoms with Crippen LogP contribution in [-0.2, 0) is 0 Å². The lowest BCUT2D eigenvalue weighted by molar-refractivity contribution is 0.393. The van der Waals surface area contributed by atoms with E-state index >= 15 is 0 Å². The van der Waals surface area contributed by atoms with Gasteiger partial charge in [0.15, 0.2) is 0 Å². The van der Waals surface area contributed by atoms with Crippen LogP contribution in [0.3, 0.4) is 0 Å². The number of rotatable bonds is 4. The first kappa shape index (κ1) is 17.2. The van der Waals surface area contributed by atoms with Crippen LogP contribution in [0.25, 0.3) is 0 Å². The van der Waals surface area contributed by atoms with Crippen LogP contribution in [0.4, 0.5) is 5.69 Å². The fraction of sp³-hybridized carbons (Fsp3) is 0.389. The fourth-order valence-electron chi connectivity index (χ4n) is 2.94. The van der Waals surface area contributed by atoms with E-state index in [9.17, 15) is 0 Å². The minimum Gasteiger partial charge on any atom is -0.367 e. The zero-order valence-corrected chi connectivity index (χ0v) is 14.5. The van der Waals surface area contributed by atoms with Crippen molar-refractivity contribution in [2.24, 2.45) is 5.92 Å². The third-order valence-electron chi connectivity index (χ3n) is 4.12. The molecule has 2 atom stereocenters. The summed E-state index contributed by atoms with van der Waals surface area (Å²) < 4.78 is 0. The van der Waals surface area contributed by atoms with Gasteiger partial charge in [0, 0.05) is 41.3 Å². The van der Waals surface area contributed by atoms with Crippen LogP contribution in [0, 0.1) is 5.92 Å². The first-order valence-electron chi connectivity index (χ1n) is 7.67. The molecule has 4 heteroatoms. The van der Waals surface area contributed by atoms with Gasteiger partial charge in [-0.2, -0.15) is 0 Å². The van der Waals surface area contributed by atoms with Crippen LogP contribution < -0.4 is 4.90 Å². The van der Waals surface area contributed by atoms with Gasteiger partial charge >= 0.3 is 0 Å². The van der Waals surface area contributed by atoms with Crippen LogP contribution >= 0.6 is 24.2 Å². The first-order valence-corrected chi connectivity index (χ1v) is 8.66. The van der Waals surface area contributed by atoms with Crippen molar-refractivity contribution in [3.05, 3.63) is 54.9 Å². The number of piperidine rings is 1. The summed E-state index contributed by atoms with van der Waals surface area (Å²) in [6.07, 6.45) is 6.41. The fourth-order valence-corrected chi connectivity index (χ4v) is 4.02. The summed E-state index contributed by atoms with van der Waals surface area (Å²) in [5.74, 6) is 1.93. The molecule has 0 bridgehead atoms. The maximum Gasteiger partial charge on any atom is 0.0399 e. The third kappa shape index (κ3) is 4.40. The Hall–Kier alpha value is -1.19. The van der Waals surface area contributed by atoms with Gasteiger partial charge in [-0.25, -0.2) is 0 Å². The summed E-state index contributed by atoms with van der Waals surface area (Å²) in [6.45, 7) is 3.51. The summed E-state index contributed by atoms with van der Waals surface area (Å²) in [5, 5.41) is 0. The van der Waals surface area contributed by atoms with Gasteiger partial charge in [0.05, 0.1) is 0 Å². The lowest BCUT2D eigenvalue weighted by Gasteiger charge is -2.40. The van der Waals surface area contributed by atoms with E-state index in [0.717, 1.165) is 18.2 Å². The number of nitrogens with zero attached hydrogens (tertiary/aromatic N) is 2. The lowest BCUT2D eigenvalue weighted by atomic mass is 9.94. The number of thioether (sulfide) groups is 1. The van der Waals surface area contributed by atoms with Gasteiger partial charge in [0.25, 0.3) is 0 Å². The van der Waals surface area contributed by atoms with Crippen molar-refractivity contribution in [3.63, 3.8) is 0 Å². The topological polar surface area (TPSA) is 16.1 Å². The number of aromatic nitrogens is 1. The first-order chi connectivity index (χ1) is 10.3. The lowest BCUT2D eigenvalue weighted by Crippen LogP contribution is -2.44. The van der Waals surface area contributed by atoms with E-state index in [1.54, 1.807) is 0 Å². The molecule has 1 aliphatic rings. The van der Waals surface area contributed by atoms with Crippen LogP contribution in [0.1, 0.15) is 19.8 Å². The molecule has 1 aromatic heterocycles. The van der Waals surface area contributed by atoms with Crippen LogP contribution in [0.2, 0.25) is 0 Å². The molecule has 0 radical (unpaired) electrons. The molecule has 0 saturated carbocycles. The molecule has 2 aromatic rings. The van der Waals surface area contributed by atoms with E-state index in [1.807, 2.05) is 24.2 Å². The minimum absolute atomic E-state index is 0. The van der Waals surface area contributed by atoms with Crippen LogP contribution in [0.15, 0.2) is 59.8 Å². The second-order valence-electron chi connectivity index (χ2n) is 5.82. The Morgan fingerprint density at radius 3 is 2.55 bits per heavy atom. The Bertz CT molecular complexity index is 550. The van der Waals surface area contributed by atoms with Gasteiger partial charge < -0.3 is 4.90 Å². The number of hydrogen-bond donors (Lipinski definition) is 0. The van der Waals surface area contributed by atoms with Crippen molar-refractivity contribution in [1.29, 1.82) is 0 Å². The summed E-state index contributed by atoms with van der Waals surface area (Å²) in [7, 11) is 0. The second-order valence-corrected chi connectivity index (χ2v) is 6.91. The van der Waals surface area contributed by atoms with Crippen molar-refractivity contribution in [1.82, 2.24) is 4.98 Å². The molecule has 1 fully saturated rings. The maximum absolute atomic E-state index is 4.15. The van der Waals surface area contributed by atoms with E-state index in [1.165, 1.54) is 23.4 Å². The van der Waals surface area contributed by atoms with E-state index < -0.39 is 0 Å². The predicted molar refractivity (Wildman–Crippen MR) is 98.2 cm³/mol. The molecular weight excluding hydrogens is 312 g/mol. The molecule has 0 amide bonds. The molecule has 2 nitrogen and oxygen atoms in total. The molecule has 2 unspecified atom stereocenters. The molecule has 0 spiro atoms. The highest BCUT2D eigenvalue weighted by Gasteiger charge is 2.26.